The molecule has 3 N–H and O–H groups in total. The summed E-state index contributed by atoms with van der Waals surface area (Å²) >= 11 is 0. The van der Waals surface area contributed by atoms with Crippen molar-refractivity contribution in [2.75, 3.05) is 6.54 Å². The van der Waals surface area contributed by atoms with Crippen molar-refractivity contribution in [3.05, 3.63) is 29.3 Å². The number of rotatable bonds is 1. The predicted octanol–water partition coefficient (Wildman–Crippen LogP) is 3.12. The molecular weight excluding hydrogens is 222 g/mol. The fourth-order valence-corrected chi connectivity index (χ4v) is 4.32. The summed E-state index contributed by atoms with van der Waals surface area (Å²) in [6.07, 6.45) is 8.62. The third-order valence-corrected chi connectivity index (χ3v) is 5.24. The Balaban J connectivity index is 2.11. The zero-order valence-corrected chi connectivity index (χ0v) is 11.0. The quantitative estimate of drug-likeness (QED) is 0.798. The van der Waals surface area contributed by atoms with Crippen LogP contribution in [0.1, 0.15) is 49.7 Å². The second kappa shape index (κ2) is 4.58. The second-order valence-electron chi connectivity index (χ2n) is 5.99. The Morgan fingerprint density at radius 2 is 2.00 bits per heavy atom. The topological polar surface area (TPSA) is 46.2 Å². The molecule has 1 spiro atoms. The molecule has 98 valence electrons. The van der Waals surface area contributed by atoms with Gasteiger partial charge in [0.25, 0.3) is 0 Å². The number of phenolic OH excluding ortho intramolecular Hbond substituents is 1. The predicted molar refractivity (Wildman–Crippen MR) is 73.7 cm³/mol. The normalized spacial score (nSPS) is 25.9. The van der Waals surface area contributed by atoms with E-state index in [4.69, 9.17) is 5.73 Å². The number of nitrogens with two attached hydrogens (primary N) is 1. The number of aromatic hydroxyl groups is 1. The molecular formula is C16H23NO. The maximum atomic E-state index is 10.1. The number of fused-ring (bicyclic) bond motifs is 2. The lowest BCUT2D eigenvalue weighted by Gasteiger charge is -2.48. The summed E-state index contributed by atoms with van der Waals surface area (Å²) in [6, 6.07) is 6.07. The summed E-state index contributed by atoms with van der Waals surface area (Å²) in [5.41, 5.74) is 8.91. The lowest BCUT2D eigenvalue weighted by Crippen LogP contribution is -2.44. The van der Waals surface area contributed by atoms with Crippen LogP contribution in [0.3, 0.4) is 0 Å². The van der Waals surface area contributed by atoms with Crippen molar-refractivity contribution in [1.29, 1.82) is 0 Å². The van der Waals surface area contributed by atoms with Crippen LogP contribution >= 0.6 is 0 Å². The first-order chi connectivity index (χ1) is 8.78. The molecule has 1 fully saturated rings. The molecule has 2 aliphatic rings. The van der Waals surface area contributed by atoms with E-state index in [1.807, 2.05) is 12.1 Å². The van der Waals surface area contributed by atoms with E-state index in [0.717, 1.165) is 19.4 Å². The minimum absolute atomic E-state index is 0.263. The van der Waals surface area contributed by atoms with Gasteiger partial charge in [0.05, 0.1) is 0 Å². The van der Waals surface area contributed by atoms with E-state index in [1.165, 1.54) is 43.2 Å². The molecule has 1 unspecified atom stereocenters. The summed E-state index contributed by atoms with van der Waals surface area (Å²) in [4.78, 5) is 0. The van der Waals surface area contributed by atoms with Crippen LogP contribution in [-0.2, 0) is 11.8 Å². The summed E-state index contributed by atoms with van der Waals surface area (Å²) in [5.74, 6) is 1.10. The molecule has 0 bridgehead atoms. The highest BCUT2D eigenvalue weighted by Crippen LogP contribution is 2.51. The Morgan fingerprint density at radius 1 is 1.22 bits per heavy atom. The molecule has 1 saturated carbocycles. The van der Waals surface area contributed by atoms with Crippen molar-refractivity contribution >= 4 is 0 Å². The molecule has 18 heavy (non-hydrogen) atoms. The second-order valence-corrected chi connectivity index (χ2v) is 5.99. The van der Waals surface area contributed by atoms with E-state index in [1.54, 1.807) is 0 Å². The number of hydrogen-bond donors (Lipinski definition) is 2. The highest BCUT2D eigenvalue weighted by molar-refractivity contribution is 5.46. The van der Waals surface area contributed by atoms with E-state index in [0.29, 0.717) is 11.7 Å². The van der Waals surface area contributed by atoms with E-state index in [2.05, 4.69) is 6.07 Å². The van der Waals surface area contributed by atoms with Gasteiger partial charge in [-0.05, 0) is 60.8 Å². The Morgan fingerprint density at radius 3 is 2.72 bits per heavy atom. The number of phenols is 1. The van der Waals surface area contributed by atoms with Crippen LogP contribution in [0.2, 0.25) is 0 Å². The molecule has 2 nitrogen and oxygen atoms in total. The zero-order valence-electron chi connectivity index (χ0n) is 11.0. The smallest absolute Gasteiger partial charge is 0.119 e. The van der Waals surface area contributed by atoms with Gasteiger partial charge in [0.15, 0.2) is 0 Å². The van der Waals surface area contributed by atoms with Crippen molar-refractivity contribution in [3.63, 3.8) is 0 Å². The van der Waals surface area contributed by atoms with Crippen molar-refractivity contribution in [3.8, 4) is 5.75 Å². The molecule has 0 saturated heterocycles. The van der Waals surface area contributed by atoms with Crippen molar-refractivity contribution in [2.24, 2.45) is 11.7 Å². The van der Waals surface area contributed by atoms with Crippen LogP contribution in [0.4, 0.5) is 0 Å². The molecule has 0 radical (unpaired) electrons. The van der Waals surface area contributed by atoms with Gasteiger partial charge in [-0.3, -0.25) is 0 Å². The first-order valence-electron chi connectivity index (χ1n) is 7.29. The summed E-state index contributed by atoms with van der Waals surface area (Å²) in [5, 5.41) is 10.1. The standard InChI is InChI=1S/C16H23NO/c17-11-12-7-8-13-14(5-4-6-15(13)18)16(12)9-2-1-3-10-16/h4-6,12,18H,1-3,7-11,17H2. The molecule has 2 aliphatic carbocycles. The average molecular weight is 245 g/mol. The van der Waals surface area contributed by atoms with Gasteiger partial charge in [0, 0.05) is 0 Å². The van der Waals surface area contributed by atoms with Crippen molar-refractivity contribution in [2.45, 2.75) is 50.4 Å². The Hall–Kier alpha value is -1.02. The van der Waals surface area contributed by atoms with E-state index >= 15 is 0 Å². The first kappa shape index (κ1) is 12.0. The van der Waals surface area contributed by atoms with Crippen molar-refractivity contribution < 1.29 is 5.11 Å². The van der Waals surface area contributed by atoms with Gasteiger partial charge in [-0.25, -0.2) is 0 Å². The summed E-state index contributed by atoms with van der Waals surface area (Å²) in [6.45, 7) is 0.787. The first-order valence-corrected chi connectivity index (χ1v) is 7.29. The molecule has 0 aliphatic heterocycles. The van der Waals surface area contributed by atoms with Gasteiger partial charge >= 0.3 is 0 Å². The fourth-order valence-electron chi connectivity index (χ4n) is 4.32. The van der Waals surface area contributed by atoms with Gasteiger partial charge in [-0.15, -0.1) is 0 Å². The fraction of sp³-hybridized carbons (Fsp3) is 0.625. The Labute approximate surface area is 109 Å². The number of hydrogen-bond acceptors (Lipinski definition) is 2. The van der Waals surface area contributed by atoms with Crippen LogP contribution < -0.4 is 5.73 Å². The summed E-state index contributed by atoms with van der Waals surface area (Å²) in [7, 11) is 0. The SMILES string of the molecule is NCC1CCc2c(O)cccc2C12CCCCC2. The van der Waals surface area contributed by atoms with E-state index in [9.17, 15) is 5.11 Å². The lowest BCUT2D eigenvalue weighted by atomic mass is 9.57. The maximum Gasteiger partial charge on any atom is 0.119 e. The number of benzene rings is 1. The van der Waals surface area contributed by atoms with Crippen LogP contribution in [0.15, 0.2) is 18.2 Å². The molecule has 0 heterocycles. The van der Waals surface area contributed by atoms with E-state index < -0.39 is 0 Å². The molecule has 3 rings (SSSR count). The Kier molecular flexibility index (Phi) is 3.06. The maximum absolute atomic E-state index is 10.1. The largest absolute Gasteiger partial charge is 0.508 e. The van der Waals surface area contributed by atoms with Gasteiger partial charge in [0.2, 0.25) is 0 Å². The minimum atomic E-state index is 0.263. The van der Waals surface area contributed by atoms with Gasteiger partial charge in [0.1, 0.15) is 5.75 Å². The van der Waals surface area contributed by atoms with E-state index in [-0.39, 0.29) is 5.41 Å². The third-order valence-electron chi connectivity index (χ3n) is 5.24. The third kappa shape index (κ3) is 1.66. The zero-order chi connectivity index (χ0) is 12.6. The van der Waals surface area contributed by atoms with Crippen LogP contribution in [0.5, 0.6) is 5.75 Å². The Bertz CT molecular complexity index is 435. The van der Waals surface area contributed by atoms with Crippen LogP contribution in [-0.4, -0.2) is 11.7 Å². The molecule has 0 aromatic heterocycles. The van der Waals surface area contributed by atoms with Crippen LogP contribution in [0, 0.1) is 5.92 Å². The van der Waals surface area contributed by atoms with Gasteiger partial charge < -0.3 is 10.8 Å². The van der Waals surface area contributed by atoms with Gasteiger partial charge in [-0.1, -0.05) is 31.4 Å². The highest BCUT2D eigenvalue weighted by Gasteiger charge is 2.44. The molecule has 2 heteroatoms. The molecule has 1 aromatic rings. The van der Waals surface area contributed by atoms with Crippen LogP contribution in [0.25, 0.3) is 0 Å². The summed E-state index contributed by atoms with van der Waals surface area (Å²) < 4.78 is 0. The minimum Gasteiger partial charge on any atom is -0.508 e. The molecule has 1 atom stereocenters. The molecule has 1 aromatic carbocycles. The van der Waals surface area contributed by atoms with Gasteiger partial charge in [-0.2, -0.15) is 0 Å². The average Bonchev–Trinajstić information content (AvgIpc) is 2.41. The molecule has 0 amide bonds. The van der Waals surface area contributed by atoms with Crippen molar-refractivity contribution in [1.82, 2.24) is 0 Å². The monoisotopic (exact) mass is 245 g/mol. The lowest BCUT2D eigenvalue weighted by molar-refractivity contribution is 0.170. The highest BCUT2D eigenvalue weighted by atomic mass is 16.3.